The van der Waals surface area contributed by atoms with Crippen LogP contribution < -0.4 is 9.47 Å². The maximum Gasteiger partial charge on any atom is 0.309 e. The van der Waals surface area contributed by atoms with Gasteiger partial charge in [0, 0.05) is 12.3 Å². The minimum atomic E-state index is -0.910. The fraction of sp³-hybridized carbons (Fsp3) is 0.273. The summed E-state index contributed by atoms with van der Waals surface area (Å²) in [7, 11) is 3.08. The topological polar surface area (TPSA) is 73.1 Å². The van der Waals surface area contributed by atoms with Gasteiger partial charge in [-0.05, 0) is 0 Å². The molecule has 0 aliphatic heterocycles. The lowest BCUT2D eigenvalue weighted by Gasteiger charge is -2.07. The number of rotatable bonds is 4. The van der Waals surface area contributed by atoms with Crippen molar-refractivity contribution in [1.82, 2.24) is 9.38 Å². The van der Waals surface area contributed by atoms with E-state index in [1.54, 1.807) is 30.0 Å². The number of carboxylic acids is 1. The molecule has 0 aliphatic rings. The quantitative estimate of drug-likeness (QED) is 0.856. The number of hydrogen-bond acceptors (Lipinski definition) is 4. The van der Waals surface area contributed by atoms with Crippen LogP contribution in [0.5, 0.6) is 11.5 Å². The van der Waals surface area contributed by atoms with Gasteiger partial charge in [-0.2, -0.15) is 0 Å². The number of imidazole rings is 1. The van der Waals surface area contributed by atoms with E-state index in [-0.39, 0.29) is 6.42 Å². The molecular weight excluding hydrogens is 224 g/mol. The van der Waals surface area contributed by atoms with Crippen molar-refractivity contribution in [3.05, 3.63) is 24.2 Å². The predicted molar refractivity (Wildman–Crippen MR) is 59.6 cm³/mol. The summed E-state index contributed by atoms with van der Waals surface area (Å²) in [5.41, 5.74) is 1.12. The molecule has 0 spiro atoms. The third-order valence-corrected chi connectivity index (χ3v) is 2.34. The summed E-state index contributed by atoms with van der Waals surface area (Å²) in [5.74, 6) is 0.221. The number of pyridine rings is 1. The highest BCUT2D eigenvalue weighted by Gasteiger charge is 2.10. The Morgan fingerprint density at radius 2 is 2.06 bits per heavy atom. The van der Waals surface area contributed by atoms with Crippen LogP contribution in [0.25, 0.3) is 5.65 Å². The molecule has 0 aliphatic carbocycles. The van der Waals surface area contributed by atoms with Crippen LogP contribution in [-0.2, 0) is 11.2 Å². The number of fused-ring (bicyclic) bond motifs is 1. The normalized spacial score (nSPS) is 10.5. The van der Waals surface area contributed by atoms with E-state index >= 15 is 0 Å². The van der Waals surface area contributed by atoms with Crippen molar-refractivity contribution in [2.45, 2.75) is 6.42 Å². The van der Waals surface area contributed by atoms with E-state index in [4.69, 9.17) is 14.6 Å². The average Bonchev–Trinajstić information content (AvgIpc) is 2.66. The van der Waals surface area contributed by atoms with Crippen LogP contribution in [0, 0.1) is 0 Å². The molecule has 0 unspecified atom stereocenters. The molecule has 2 aromatic heterocycles. The number of aromatic nitrogens is 2. The van der Waals surface area contributed by atoms with Crippen LogP contribution in [0.3, 0.4) is 0 Å². The van der Waals surface area contributed by atoms with E-state index < -0.39 is 5.97 Å². The van der Waals surface area contributed by atoms with E-state index in [0.29, 0.717) is 22.8 Å². The minimum Gasteiger partial charge on any atom is -0.493 e. The summed E-state index contributed by atoms with van der Waals surface area (Å²) < 4.78 is 12.0. The van der Waals surface area contributed by atoms with E-state index in [0.717, 1.165) is 0 Å². The van der Waals surface area contributed by atoms with Crippen LogP contribution >= 0.6 is 0 Å². The molecule has 0 saturated carbocycles. The Balaban J connectivity index is 2.49. The smallest absolute Gasteiger partial charge is 0.309 e. The van der Waals surface area contributed by atoms with Crippen LogP contribution in [0.1, 0.15) is 5.69 Å². The Labute approximate surface area is 97.4 Å². The molecule has 2 heterocycles. The van der Waals surface area contributed by atoms with E-state index in [9.17, 15) is 4.79 Å². The zero-order chi connectivity index (χ0) is 12.4. The van der Waals surface area contributed by atoms with E-state index in [2.05, 4.69) is 4.98 Å². The van der Waals surface area contributed by atoms with Crippen LogP contribution in [0.15, 0.2) is 18.5 Å². The zero-order valence-corrected chi connectivity index (χ0v) is 9.51. The first-order valence-corrected chi connectivity index (χ1v) is 4.95. The molecule has 0 radical (unpaired) electrons. The molecule has 0 fully saturated rings. The molecule has 2 rings (SSSR count). The van der Waals surface area contributed by atoms with Crippen LogP contribution in [-0.4, -0.2) is 34.7 Å². The maximum absolute atomic E-state index is 10.6. The molecule has 1 N–H and O–H groups in total. The highest BCUT2D eigenvalue weighted by Crippen LogP contribution is 2.27. The Bertz CT molecular complexity index is 521. The monoisotopic (exact) mass is 236 g/mol. The number of nitrogens with zero attached hydrogens (tertiary/aromatic N) is 2. The average molecular weight is 236 g/mol. The summed E-state index contributed by atoms with van der Waals surface area (Å²) in [4.78, 5) is 14.8. The van der Waals surface area contributed by atoms with Crippen molar-refractivity contribution in [3.8, 4) is 11.5 Å². The molecule has 0 saturated heterocycles. The van der Waals surface area contributed by atoms with Gasteiger partial charge in [-0.15, -0.1) is 0 Å². The van der Waals surface area contributed by atoms with E-state index in [1.807, 2.05) is 0 Å². The predicted octanol–water partition coefficient (Wildman–Crippen LogP) is 0.979. The third-order valence-electron chi connectivity index (χ3n) is 2.34. The van der Waals surface area contributed by atoms with Crippen molar-refractivity contribution in [2.24, 2.45) is 0 Å². The second-order valence-electron chi connectivity index (χ2n) is 3.48. The summed E-state index contributed by atoms with van der Waals surface area (Å²) in [6.45, 7) is 0. The fourth-order valence-corrected chi connectivity index (χ4v) is 1.60. The summed E-state index contributed by atoms with van der Waals surface area (Å²) in [6, 6.07) is 1.70. The lowest BCUT2D eigenvalue weighted by molar-refractivity contribution is -0.136. The van der Waals surface area contributed by atoms with Crippen molar-refractivity contribution in [2.75, 3.05) is 14.2 Å². The zero-order valence-electron chi connectivity index (χ0n) is 9.51. The standard InChI is InChI=1S/C11H12N2O4/c1-16-8-4-10-12-7(3-11(14)15)5-13(10)6-9(8)17-2/h4-6H,3H2,1-2H3,(H,14,15). The van der Waals surface area contributed by atoms with Gasteiger partial charge in [0.1, 0.15) is 5.65 Å². The highest BCUT2D eigenvalue weighted by molar-refractivity contribution is 5.70. The van der Waals surface area contributed by atoms with Crippen LogP contribution in [0.2, 0.25) is 0 Å². The Morgan fingerprint density at radius 1 is 1.35 bits per heavy atom. The molecule has 2 aromatic rings. The minimum absolute atomic E-state index is 0.105. The molecule has 6 nitrogen and oxygen atoms in total. The second kappa shape index (κ2) is 4.32. The van der Waals surface area contributed by atoms with Crippen molar-refractivity contribution in [3.63, 3.8) is 0 Å². The van der Waals surface area contributed by atoms with Gasteiger partial charge in [-0.25, -0.2) is 4.98 Å². The number of methoxy groups -OCH3 is 2. The first-order valence-electron chi connectivity index (χ1n) is 4.95. The van der Waals surface area contributed by atoms with E-state index in [1.165, 1.54) is 7.11 Å². The summed E-state index contributed by atoms with van der Waals surface area (Å²) in [6.07, 6.45) is 3.25. The van der Waals surface area contributed by atoms with Gasteiger partial charge in [0.15, 0.2) is 11.5 Å². The van der Waals surface area contributed by atoms with Gasteiger partial charge < -0.3 is 19.0 Å². The van der Waals surface area contributed by atoms with Crippen molar-refractivity contribution < 1.29 is 19.4 Å². The summed E-state index contributed by atoms with van der Waals surface area (Å²) in [5, 5.41) is 8.69. The van der Waals surface area contributed by atoms with Crippen molar-refractivity contribution >= 4 is 11.6 Å². The lowest BCUT2D eigenvalue weighted by Crippen LogP contribution is -1.99. The molecular formula is C11H12N2O4. The number of aliphatic carboxylic acids is 1. The molecule has 0 bridgehead atoms. The first kappa shape index (κ1) is 11.3. The second-order valence-corrected chi connectivity index (χ2v) is 3.48. The number of carbonyl (C=O) groups is 1. The van der Waals surface area contributed by atoms with Gasteiger partial charge in [-0.1, -0.05) is 0 Å². The Kier molecular flexibility index (Phi) is 2.86. The number of ether oxygens (including phenoxy) is 2. The SMILES string of the molecule is COc1cc2nc(CC(=O)O)cn2cc1OC. The van der Waals surface area contributed by atoms with Gasteiger partial charge in [-0.3, -0.25) is 4.79 Å². The first-order chi connectivity index (χ1) is 8.13. The molecule has 0 atom stereocenters. The third kappa shape index (κ3) is 2.15. The fourth-order valence-electron chi connectivity index (χ4n) is 1.60. The maximum atomic E-state index is 10.6. The molecule has 6 heteroatoms. The molecule has 0 amide bonds. The largest absolute Gasteiger partial charge is 0.493 e. The highest BCUT2D eigenvalue weighted by atomic mass is 16.5. The van der Waals surface area contributed by atoms with Gasteiger partial charge >= 0.3 is 5.97 Å². The number of hydrogen-bond donors (Lipinski definition) is 1. The van der Waals surface area contributed by atoms with Crippen molar-refractivity contribution in [1.29, 1.82) is 0 Å². The summed E-state index contributed by atoms with van der Waals surface area (Å²) >= 11 is 0. The molecule has 90 valence electrons. The van der Waals surface area contributed by atoms with Gasteiger partial charge in [0.25, 0.3) is 0 Å². The number of carboxylic acid groups (broad SMARTS) is 1. The van der Waals surface area contributed by atoms with Crippen LogP contribution in [0.4, 0.5) is 0 Å². The molecule has 0 aromatic carbocycles. The molecule has 17 heavy (non-hydrogen) atoms. The lowest BCUT2D eigenvalue weighted by atomic mass is 10.3. The Morgan fingerprint density at radius 3 is 2.65 bits per heavy atom. The van der Waals surface area contributed by atoms with Gasteiger partial charge in [0.2, 0.25) is 0 Å². The Hall–Kier alpha value is -2.24. The van der Waals surface area contributed by atoms with Gasteiger partial charge in [0.05, 0.1) is 32.5 Å².